The van der Waals surface area contributed by atoms with E-state index < -0.39 is 0 Å². The van der Waals surface area contributed by atoms with Gasteiger partial charge in [-0.25, -0.2) is 0 Å². The Morgan fingerprint density at radius 2 is 2.12 bits per heavy atom. The highest BCUT2D eigenvalue weighted by Crippen LogP contribution is 2.16. The van der Waals surface area contributed by atoms with Gasteiger partial charge in [0, 0.05) is 19.2 Å². The summed E-state index contributed by atoms with van der Waals surface area (Å²) in [5.41, 5.74) is 1.27. The fourth-order valence-corrected chi connectivity index (χ4v) is 1.83. The molecule has 0 amide bonds. The third-order valence-corrected chi connectivity index (χ3v) is 2.14. The Labute approximate surface area is 98.0 Å². The molecule has 1 N–H and O–H groups in total. The lowest BCUT2D eigenvalue weighted by atomic mass is 9.96. The van der Waals surface area contributed by atoms with E-state index in [0.29, 0.717) is 5.41 Å². The number of nitrogens with one attached hydrogen (secondary N) is 1. The summed E-state index contributed by atoms with van der Waals surface area (Å²) in [5, 5.41) is 7.04. The van der Waals surface area contributed by atoms with Crippen LogP contribution in [0.5, 0.6) is 0 Å². The molecule has 0 bridgehead atoms. The summed E-state index contributed by atoms with van der Waals surface area (Å²) in [4.78, 5) is 2.25. The van der Waals surface area contributed by atoms with Gasteiger partial charge in [-0.15, -0.1) is 0 Å². The molecule has 4 heteroatoms. The third-order valence-electron chi connectivity index (χ3n) is 2.14. The monoisotopic (exact) mass is 225 g/mol. The molecule has 0 saturated carbocycles. The van der Waals surface area contributed by atoms with Crippen molar-refractivity contribution in [2.75, 3.05) is 20.6 Å². The smallest absolute Gasteiger partial charge is 0.151 e. The van der Waals surface area contributed by atoms with Crippen molar-refractivity contribution in [3.8, 4) is 0 Å². The van der Waals surface area contributed by atoms with E-state index in [1.54, 1.807) is 0 Å². The first kappa shape index (κ1) is 13.2. The molecule has 1 aromatic rings. The Morgan fingerprint density at radius 1 is 1.44 bits per heavy atom. The quantitative estimate of drug-likeness (QED) is 0.830. The second kappa shape index (κ2) is 5.46. The van der Waals surface area contributed by atoms with Gasteiger partial charge >= 0.3 is 0 Å². The maximum Gasteiger partial charge on any atom is 0.151 e. The summed E-state index contributed by atoms with van der Waals surface area (Å²) in [7, 11) is 4.01. The highest BCUT2D eigenvalue weighted by atomic mass is 16.5. The van der Waals surface area contributed by atoms with Crippen LogP contribution in [0, 0.1) is 5.41 Å². The van der Waals surface area contributed by atoms with Crippen LogP contribution in [0.15, 0.2) is 10.6 Å². The SMILES string of the molecule is CNCc1cc(CN(C)CC(C)(C)C)on1. The predicted octanol–water partition coefficient (Wildman–Crippen LogP) is 1.87. The van der Waals surface area contributed by atoms with Crippen LogP contribution >= 0.6 is 0 Å². The van der Waals surface area contributed by atoms with Gasteiger partial charge in [0.2, 0.25) is 0 Å². The lowest BCUT2D eigenvalue weighted by molar-refractivity contribution is 0.200. The minimum absolute atomic E-state index is 0.308. The van der Waals surface area contributed by atoms with E-state index in [2.05, 4.69) is 43.2 Å². The van der Waals surface area contributed by atoms with Crippen LogP contribution in [-0.2, 0) is 13.1 Å². The van der Waals surface area contributed by atoms with Crippen molar-refractivity contribution in [3.05, 3.63) is 17.5 Å². The first-order valence-electron chi connectivity index (χ1n) is 5.68. The van der Waals surface area contributed by atoms with Crippen LogP contribution in [-0.4, -0.2) is 30.7 Å². The van der Waals surface area contributed by atoms with Crippen molar-refractivity contribution in [1.29, 1.82) is 0 Å². The number of rotatable bonds is 5. The lowest BCUT2D eigenvalue weighted by Gasteiger charge is -2.25. The first-order valence-corrected chi connectivity index (χ1v) is 5.68. The van der Waals surface area contributed by atoms with Gasteiger partial charge in [-0.3, -0.25) is 4.90 Å². The summed E-state index contributed by atoms with van der Waals surface area (Å²) >= 11 is 0. The number of nitrogens with zero attached hydrogens (tertiary/aromatic N) is 2. The van der Waals surface area contributed by atoms with Crippen LogP contribution in [0.4, 0.5) is 0 Å². The molecule has 0 atom stereocenters. The Hall–Kier alpha value is -0.870. The maximum absolute atomic E-state index is 5.27. The Morgan fingerprint density at radius 3 is 2.69 bits per heavy atom. The van der Waals surface area contributed by atoms with Crippen molar-refractivity contribution < 1.29 is 4.52 Å². The summed E-state index contributed by atoms with van der Waals surface area (Å²) in [6, 6.07) is 2.01. The molecule has 0 aliphatic carbocycles. The average molecular weight is 225 g/mol. The number of aromatic nitrogens is 1. The maximum atomic E-state index is 5.27. The molecule has 0 radical (unpaired) electrons. The van der Waals surface area contributed by atoms with Crippen LogP contribution < -0.4 is 5.32 Å². The number of hydrogen-bond acceptors (Lipinski definition) is 4. The second-order valence-corrected chi connectivity index (χ2v) is 5.55. The minimum atomic E-state index is 0.308. The molecule has 0 fully saturated rings. The molecule has 0 aromatic carbocycles. The van der Waals surface area contributed by atoms with E-state index in [4.69, 9.17) is 4.52 Å². The van der Waals surface area contributed by atoms with Gasteiger partial charge in [0.1, 0.15) is 0 Å². The molecule has 0 spiro atoms. The third kappa shape index (κ3) is 4.77. The van der Waals surface area contributed by atoms with Gasteiger partial charge in [0.15, 0.2) is 5.76 Å². The van der Waals surface area contributed by atoms with E-state index in [-0.39, 0.29) is 0 Å². The normalized spacial score (nSPS) is 12.4. The molecule has 92 valence electrons. The summed E-state index contributed by atoms with van der Waals surface area (Å²) in [5.74, 6) is 0.928. The zero-order valence-electron chi connectivity index (χ0n) is 11.0. The van der Waals surface area contributed by atoms with Gasteiger partial charge in [0.05, 0.1) is 12.2 Å². The van der Waals surface area contributed by atoms with Gasteiger partial charge in [-0.05, 0) is 19.5 Å². The van der Waals surface area contributed by atoms with Gasteiger partial charge in [-0.1, -0.05) is 25.9 Å². The van der Waals surface area contributed by atoms with E-state index in [1.165, 1.54) is 0 Å². The molecular weight excluding hydrogens is 202 g/mol. The molecule has 4 nitrogen and oxygen atoms in total. The number of hydrogen-bond donors (Lipinski definition) is 1. The Kier molecular flexibility index (Phi) is 4.50. The van der Waals surface area contributed by atoms with Gasteiger partial charge in [-0.2, -0.15) is 0 Å². The molecule has 0 saturated heterocycles. The zero-order chi connectivity index (χ0) is 12.2. The second-order valence-electron chi connectivity index (χ2n) is 5.55. The van der Waals surface area contributed by atoms with Crippen LogP contribution in [0.2, 0.25) is 0 Å². The van der Waals surface area contributed by atoms with E-state index in [9.17, 15) is 0 Å². The molecule has 0 aliphatic heterocycles. The van der Waals surface area contributed by atoms with Crippen LogP contribution in [0.1, 0.15) is 32.2 Å². The summed E-state index contributed by atoms with van der Waals surface area (Å²) in [6.07, 6.45) is 0. The van der Waals surface area contributed by atoms with E-state index in [1.807, 2.05) is 13.1 Å². The molecule has 1 aromatic heterocycles. The van der Waals surface area contributed by atoms with Crippen LogP contribution in [0.25, 0.3) is 0 Å². The Balaban J connectivity index is 2.46. The largest absolute Gasteiger partial charge is 0.360 e. The van der Waals surface area contributed by atoms with Crippen molar-refractivity contribution in [1.82, 2.24) is 15.4 Å². The molecule has 0 aliphatic rings. The predicted molar refractivity (Wildman–Crippen MR) is 65.1 cm³/mol. The molecule has 0 unspecified atom stereocenters. The van der Waals surface area contributed by atoms with Crippen LogP contribution in [0.3, 0.4) is 0 Å². The lowest BCUT2D eigenvalue weighted by Crippen LogP contribution is -2.28. The minimum Gasteiger partial charge on any atom is -0.360 e. The molecule has 1 rings (SSSR count). The molecule has 1 heterocycles. The topological polar surface area (TPSA) is 41.3 Å². The standard InChI is InChI=1S/C12H23N3O/c1-12(2,3)9-15(5)8-11-6-10(7-13-4)14-16-11/h6,13H,7-9H2,1-5H3. The fraction of sp³-hybridized carbons (Fsp3) is 0.750. The highest BCUT2D eigenvalue weighted by molar-refractivity contribution is 5.04. The van der Waals surface area contributed by atoms with Crippen molar-refractivity contribution in [2.24, 2.45) is 5.41 Å². The average Bonchev–Trinajstić information content (AvgIpc) is 2.49. The zero-order valence-corrected chi connectivity index (χ0v) is 11.0. The first-order chi connectivity index (χ1) is 7.40. The molecular formula is C12H23N3O. The van der Waals surface area contributed by atoms with E-state index in [0.717, 1.165) is 31.1 Å². The summed E-state index contributed by atoms with van der Waals surface area (Å²) < 4.78 is 5.27. The highest BCUT2D eigenvalue weighted by Gasteiger charge is 2.15. The van der Waals surface area contributed by atoms with Crippen molar-refractivity contribution in [3.63, 3.8) is 0 Å². The van der Waals surface area contributed by atoms with Gasteiger partial charge < -0.3 is 9.84 Å². The van der Waals surface area contributed by atoms with Crippen molar-refractivity contribution >= 4 is 0 Å². The van der Waals surface area contributed by atoms with E-state index >= 15 is 0 Å². The molecule has 16 heavy (non-hydrogen) atoms. The van der Waals surface area contributed by atoms with Gasteiger partial charge in [0.25, 0.3) is 0 Å². The fourth-order valence-electron chi connectivity index (χ4n) is 1.83. The Bertz CT molecular complexity index is 314. The van der Waals surface area contributed by atoms with Crippen molar-refractivity contribution in [2.45, 2.75) is 33.9 Å². The summed E-state index contributed by atoms with van der Waals surface area (Å²) in [6.45, 7) is 9.30.